The highest BCUT2D eigenvalue weighted by atomic mass is 35.5. The van der Waals surface area contributed by atoms with Gasteiger partial charge in [-0.15, -0.1) is 0 Å². The molecule has 0 unspecified atom stereocenters. The minimum atomic E-state index is 0.575. The van der Waals surface area contributed by atoms with Gasteiger partial charge < -0.3 is 4.90 Å². The molecule has 0 fully saturated rings. The van der Waals surface area contributed by atoms with Crippen LogP contribution in [0.1, 0.15) is 25.5 Å². The van der Waals surface area contributed by atoms with Crippen LogP contribution in [0.4, 0.5) is 0 Å². The van der Waals surface area contributed by atoms with Gasteiger partial charge in [0.2, 0.25) is 0 Å². The van der Waals surface area contributed by atoms with Crippen molar-refractivity contribution in [3.63, 3.8) is 0 Å². The predicted octanol–water partition coefficient (Wildman–Crippen LogP) is 2.97. The summed E-state index contributed by atoms with van der Waals surface area (Å²) in [4.78, 5) is 6.51. The third-order valence-electron chi connectivity index (χ3n) is 2.10. The summed E-state index contributed by atoms with van der Waals surface area (Å²) in [5.41, 5.74) is 1.04. The van der Waals surface area contributed by atoms with Crippen LogP contribution in [0.25, 0.3) is 0 Å². The lowest BCUT2D eigenvalue weighted by atomic mass is 10.3. The number of hydrogen-bond donors (Lipinski definition) is 0. The fourth-order valence-electron chi connectivity index (χ4n) is 1.32. The molecular weight excluding hydrogens is 196 g/mol. The van der Waals surface area contributed by atoms with Gasteiger partial charge in [0, 0.05) is 6.54 Å². The monoisotopic (exact) mass is 212 g/mol. The molecule has 0 amide bonds. The first-order valence-corrected chi connectivity index (χ1v) is 5.40. The van der Waals surface area contributed by atoms with E-state index in [9.17, 15) is 0 Å². The first-order chi connectivity index (χ1) is 6.72. The van der Waals surface area contributed by atoms with E-state index in [2.05, 4.69) is 23.9 Å². The minimum absolute atomic E-state index is 0.575. The molecule has 1 rings (SSSR count). The summed E-state index contributed by atoms with van der Waals surface area (Å²) in [6, 6.07) is 5.75. The van der Waals surface area contributed by atoms with E-state index >= 15 is 0 Å². The first kappa shape index (κ1) is 11.5. The van der Waals surface area contributed by atoms with Crippen molar-refractivity contribution in [3.8, 4) is 0 Å². The van der Waals surface area contributed by atoms with Gasteiger partial charge in [-0.25, -0.2) is 4.98 Å². The van der Waals surface area contributed by atoms with Crippen LogP contribution >= 0.6 is 11.6 Å². The van der Waals surface area contributed by atoms with Gasteiger partial charge >= 0.3 is 0 Å². The SMILES string of the molecule is CCCCN(C)Cc1cccc(Cl)n1. The van der Waals surface area contributed by atoms with Crippen LogP contribution in [-0.2, 0) is 6.54 Å². The molecule has 0 aliphatic rings. The highest BCUT2D eigenvalue weighted by molar-refractivity contribution is 6.29. The Balaban J connectivity index is 2.43. The number of halogens is 1. The molecule has 0 aromatic carbocycles. The Kier molecular flexibility index (Phi) is 4.91. The average molecular weight is 213 g/mol. The Morgan fingerprint density at radius 1 is 1.43 bits per heavy atom. The van der Waals surface area contributed by atoms with Gasteiger partial charge in [-0.05, 0) is 32.1 Å². The quantitative estimate of drug-likeness (QED) is 0.698. The molecule has 78 valence electrons. The molecule has 0 saturated carbocycles. The summed E-state index contributed by atoms with van der Waals surface area (Å²) in [6.45, 7) is 4.19. The smallest absolute Gasteiger partial charge is 0.129 e. The van der Waals surface area contributed by atoms with Crippen molar-refractivity contribution in [1.29, 1.82) is 0 Å². The van der Waals surface area contributed by atoms with Gasteiger partial charge in [-0.3, -0.25) is 0 Å². The number of rotatable bonds is 5. The summed E-state index contributed by atoms with van der Waals surface area (Å²) in [5, 5.41) is 0.575. The number of hydrogen-bond acceptors (Lipinski definition) is 2. The van der Waals surface area contributed by atoms with Gasteiger partial charge in [0.05, 0.1) is 5.69 Å². The minimum Gasteiger partial charge on any atom is -0.301 e. The molecule has 0 aliphatic carbocycles. The van der Waals surface area contributed by atoms with Crippen LogP contribution in [0.15, 0.2) is 18.2 Å². The van der Waals surface area contributed by atoms with Crippen LogP contribution in [0.5, 0.6) is 0 Å². The largest absolute Gasteiger partial charge is 0.301 e. The van der Waals surface area contributed by atoms with Crippen molar-refractivity contribution in [2.75, 3.05) is 13.6 Å². The molecule has 0 radical (unpaired) electrons. The van der Waals surface area contributed by atoms with E-state index in [4.69, 9.17) is 11.6 Å². The first-order valence-electron chi connectivity index (χ1n) is 5.02. The van der Waals surface area contributed by atoms with Crippen LogP contribution < -0.4 is 0 Å². The van der Waals surface area contributed by atoms with Crippen LogP contribution in [-0.4, -0.2) is 23.5 Å². The lowest BCUT2D eigenvalue weighted by molar-refractivity contribution is 0.317. The lowest BCUT2D eigenvalue weighted by Crippen LogP contribution is -2.19. The Morgan fingerprint density at radius 3 is 2.86 bits per heavy atom. The molecule has 0 spiro atoms. The second-order valence-electron chi connectivity index (χ2n) is 3.54. The summed E-state index contributed by atoms with van der Waals surface area (Å²) in [5.74, 6) is 0. The Bertz CT molecular complexity index is 276. The van der Waals surface area contributed by atoms with Gasteiger partial charge in [-0.1, -0.05) is 31.0 Å². The maximum atomic E-state index is 5.80. The van der Waals surface area contributed by atoms with E-state index in [0.717, 1.165) is 18.8 Å². The van der Waals surface area contributed by atoms with Gasteiger partial charge in [-0.2, -0.15) is 0 Å². The van der Waals surface area contributed by atoms with E-state index in [0.29, 0.717) is 5.15 Å². The zero-order chi connectivity index (χ0) is 10.4. The van der Waals surface area contributed by atoms with Gasteiger partial charge in [0.15, 0.2) is 0 Å². The topological polar surface area (TPSA) is 16.1 Å². The van der Waals surface area contributed by atoms with Crippen molar-refractivity contribution >= 4 is 11.6 Å². The van der Waals surface area contributed by atoms with Crippen molar-refractivity contribution in [2.45, 2.75) is 26.3 Å². The summed E-state index contributed by atoms with van der Waals surface area (Å²) in [6.07, 6.45) is 2.46. The molecule has 0 N–H and O–H groups in total. The maximum Gasteiger partial charge on any atom is 0.129 e. The fraction of sp³-hybridized carbons (Fsp3) is 0.545. The molecule has 1 heterocycles. The second-order valence-corrected chi connectivity index (χ2v) is 3.93. The van der Waals surface area contributed by atoms with E-state index in [1.807, 2.05) is 12.1 Å². The van der Waals surface area contributed by atoms with E-state index in [-0.39, 0.29) is 0 Å². The number of pyridine rings is 1. The molecule has 1 aromatic rings. The Morgan fingerprint density at radius 2 is 2.21 bits per heavy atom. The molecule has 0 atom stereocenters. The summed E-state index contributed by atoms with van der Waals surface area (Å²) < 4.78 is 0. The van der Waals surface area contributed by atoms with Crippen LogP contribution in [0, 0.1) is 0 Å². The van der Waals surface area contributed by atoms with Crippen LogP contribution in [0.3, 0.4) is 0 Å². The molecule has 0 aliphatic heterocycles. The highest BCUT2D eigenvalue weighted by Crippen LogP contribution is 2.07. The fourth-order valence-corrected chi connectivity index (χ4v) is 1.50. The molecule has 14 heavy (non-hydrogen) atoms. The molecule has 1 aromatic heterocycles. The summed E-state index contributed by atoms with van der Waals surface area (Å²) >= 11 is 5.80. The zero-order valence-electron chi connectivity index (χ0n) is 8.83. The molecule has 2 nitrogen and oxygen atoms in total. The number of aromatic nitrogens is 1. The second kappa shape index (κ2) is 5.99. The predicted molar refractivity (Wildman–Crippen MR) is 60.5 cm³/mol. The van der Waals surface area contributed by atoms with Crippen molar-refractivity contribution in [3.05, 3.63) is 29.0 Å². The highest BCUT2D eigenvalue weighted by Gasteiger charge is 2.00. The summed E-state index contributed by atoms with van der Waals surface area (Å²) in [7, 11) is 2.11. The third kappa shape index (κ3) is 4.07. The van der Waals surface area contributed by atoms with Gasteiger partial charge in [0.1, 0.15) is 5.15 Å². The zero-order valence-corrected chi connectivity index (χ0v) is 9.59. The van der Waals surface area contributed by atoms with Crippen molar-refractivity contribution in [1.82, 2.24) is 9.88 Å². The molecule has 3 heteroatoms. The Labute approximate surface area is 90.9 Å². The molecule has 0 saturated heterocycles. The van der Waals surface area contributed by atoms with Gasteiger partial charge in [0.25, 0.3) is 0 Å². The van der Waals surface area contributed by atoms with Crippen molar-refractivity contribution in [2.24, 2.45) is 0 Å². The standard InChI is InChI=1S/C11H17ClN2/c1-3-4-8-14(2)9-10-6-5-7-11(12)13-10/h5-7H,3-4,8-9H2,1-2H3. The van der Waals surface area contributed by atoms with Crippen molar-refractivity contribution < 1.29 is 0 Å². The van der Waals surface area contributed by atoms with E-state index in [1.54, 1.807) is 6.07 Å². The normalized spacial score (nSPS) is 10.9. The van der Waals surface area contributed by atoms with E-state index < -0.39 is 0 Å². The average Bonchev–Trinajstić information content (AvgIpc) is 2.15. The lowest BCUT2D eigenvalue weighted by Gasteiger charge is -2.15. The molecular formula is C11H17ClN2. The van der Waals surface area contributed by atoms with Crippen LogP contribution in [0.2, 0.25) is 5.15 Å². The van der Waals surface area contributed by atoms with E-state index in [1.165, 1.54) is 12.8 Å². The Hall–Kier alpha value is -0.600. The third-order valence-corrected chi connectivity index (χ3v) is 2.31. The maximum absolute atomic E-state index is 5.80. The molecule has 0 bridgehead atoms. The number of nitrogens with zero attached hydrogens (tertiary/aromatic N) is 2. The number of unbranched alkanes of at least 4 members (excludes halogenated alkanes) is 1.